The van der Waals surface area contributed by atoms with Gasteiger partial charge in [0.15, 0.2) is 0 Å². The molecule has 23 heavy (non-hydrogen) atoms. The van der Waals surface area contributed by atoms with Crippen LogP contribution in [-0.4, -0.2) is 43.7 Å². The predicted octanol–water partition coefficient (Wildman–Crippen LogP) is 3.97. The van der Waals surface area contributed by atoms with Crippen molar-refractivity contribution >= 4 is 17.3 Å². The average Bonchev–Trinajstić information content (AvgIpc) is 3.05. The van der Waals surface area contributed by atoms with E-state index in [2.05, 4.69) is 37.7 Å². The zero-order valence-corrected chi connectivity index (χ0v) is 15.1. The Morgan fingerprint density at radius 3 is 2.70 bits per heavy atom. The maximum Gasteiger partial charge on any atom is 0.315 e. The summed E-state index contributed by atoms with van der Waals surface area (Å²) in [6, 6.07) is 4.12. The van der Waals surface area contributed by atoms with Gasteiger partial charge in [-0.2, -0.15) is 0 Å². The summed E-state index contributed by atoms with van der Waals surface area (Å²) in [5, 5.41) is 2.06. The predicted molar refractivity (Wildman–Crippen MR) is 94.5 cm³/mol. The minimum absolute atomic E-state index is 0.0128. The lowest BCUT2D eigenvalue weighted by molar-refractivity contribution is -0.896. The second kappa shape index (κ2) is 7.18. The van der Waals surface area contributed by atoms with E-state index in [0.717, 1.165) is 48.1 Å². The summed E-state index contributed by atoms with van der Waals surface area (Å²) in [4.78, 5) is 14.1. The summed E-state index contributed by atoms with van der Waals surface area (Å²) in [7, 11) is 4.50. The number of likely N-dealkylation sites (tertiary alicyclic amines) is 1. The molecule has 0 bridgehead atoms. The van der Waals surface area contributed by atoms with Crippen LogP contribution < -0.4 is 0 Å². The number of thiophene rings is 1. The zero-order chi connectivity index (χ0) is 16.3. The van der Waals surface area contributed by atoms with Crippen LogP contribution in [0.1, 0.15) is 42.9 Å². The summed E-state index contributed by atoms with van der Waals surface area (Å²) >= 11 is 1.68. The number of quaternary nitrogens is 1. The molecule has 0 aromatic carbocycles. The molecule has 2 unspecified atom stereocenters. The normalized spacial score (nSPS) is 25.9. The second-order valence-electron chi connectivity index (χ2n) is 7.54. The van der Waals surface area contributed by atoms with E-state index in [4.69, 9.17) is 4.74 Å². The Balaban J connectivity index is 1.68. The molecule has 4 heteroatoms. The highest BCUT2D eigenvalue weighted by Crippen LogP contribution is 2.36. The number of carbonyl (C=O) groups is 1. The minimum Gasteiger partial charge on any atom is -0.461 e. The molecule has 1 aliphatic carbocycles. The first-order valence-electron chi connectivity index (χ1n) is 8.78. The quantitative estimate of drug-likeness (QED) is 0.473. The Labute approximate surface area is 143 Å². The monoisotopic (exact) mass is 334 g/mol. The van der Waals surface area contributed by atoms with E-state index in [9.17, 15) is 4.79 Å². The first-order valence-corrected chi connectivity index (χ1v) is 9.66. The number of allylic oxidation sites excluding steroid dienone is 2. The number of rotatable bonds is 4. The Kier molecular flexibility index (Phi) is 5.22. The van der Waals surface area contributed by atoms with Gasteiger partial charge in [-0.05, 0) is 36.6 Å². The molecule has 126 valence electrons. The van der Waals surface area contributed by atoms with Crippen molar-refractivity contribution in [1.29, 1.82) is 0 Å². The van der Waals surface area contributed by atoms with Crippen LogP contribution in [-0.2, 0) is 9.53 Å². The van der Waals surface area contributed by atoms with Gasteiger partial charge >= 0.3 is 5.97 Å². The van der Waals surface area contributed by atoms with Gasteiger partial charge in [0.1, 0.15) is 6.10 Å². The maximum atomic E-state index is 12.9. The Morgan fingerprint density at radius 2 is 2.09 bits per heavy atom. The standard InChI is InChI=1S/C19H28NO2S/c1-20(2)12-10-16(11-13-20)22-19(21)18(17-9-6-14-23-17)15-7-4-3-5-8-15/h4,6-7,9,14-16,18H,3,5,8,10-13H2,1-2H3/q+1. The number of piperidine rings is 1. The van der Waals surface area contributed by atoms with Crippen LogP contribution >= 0.6 is 11.3 Å². The number of ether oxygens (including phenoxy) is 1. The molecule has 0 amide bonds. The van der Waals surface area contributed by atoms with Crippen molar-refractivity contribution in [1.82, 2.24) is 0 Å². The van der Waals surface area contributed by atoms with Gasteiger partial charge in [-0.15, -0.1) is 11.3 Å². The van der Waals surface area contributed by atoms with Crippen molar-refractivity contribution < 1.29 is 14.0 Å². The van der Waals surface area contributed by atoms with Crippen molar-refractivity contribution in [3.63, 3.8) is 0 Å². The molecule has 2 aliphatic rings. The molecule has 1 aromatic rings. The number of nitrogens with zero attached hydrogens (tertiary/aromatic N) is 1. The van der Waals surface area contributed by atoms with E-state index in [-0.39, 0.29) is 18.0 Å². The number of carbonyl (C=O) groups excluding carboxylic acids is 1. The fourth-order valence-electron chi connectivity index (χ4n) is 3.69. The highest BCUT2D eigenvalue weighted by atomic mass is 32.1. The highest BCUT2D eigenvalue weighted by molar-refractivity contribution is 7.10. The van der Waals surface area contributed by atoms with Crippen LogP contribution in [0.4, 0.5) is 0 Å². The maximum absolute atomic E-state index is 12.9. The molecule has 2 atom stereocenters. The van der Waals surface area contributed by atoms with Crippen molar-refractivity contribution in [3.05, 3.63) is 34.5 Å². The average molecular weight is 335 g/mol. The Morgan fingerprint density at radius 1 is 1.30 bits per heavy atom. The third-order valence-corrected chi connectivity index (χ3v) is 6.17. The van der Waals surface area contributed by atoms with Gasteiger partial charge < -0.3 is 9.22 Å². The summed E-state index contributed by atoms with van der Waals surface area (Å²) in [5.41, 5.74) is 0. The molecular formula is C19H28NO2S+. The number of esters is 1. The summed E-state index contributed by atoms with van der Waals surface area (Å²) < 4.78 is 6.98. The van der Waals surface area contributed by atoms with E-state index in [0.29, 0.717) is 5.92 Å². The van der Waals surface area contributed by atoms with Gasteiger partial charge in [-0.1, -0.05) is 18.2 Å². The fraction of sp³-hybridized carbons (Fsp3) is 0.632. The lowest BCUT2D eigenvalue weighted by Gasteiger charge is -2.37. The smallest absolute Gasteiger partial charge is 0.315 e. The second-order valence-corrected chi connectivity index (χ2v) is 8.51. The molecule has 1 fully saturated rings. The molecule has 1 saturated heterocycles. The van der Waals surface area contributed by atoms with Gasteiger partial charge in [0, 0.05) is 17.7 Å². The summed E-state index contributed by atoms with van der Waals surface area (Å²) in [5.74, 6) is 0.169. The van der Waals surface area contributed by atoms with E-state index in [1.165, 1.54) is 6.42 Å². The summed E-state index contributed by atoms with van der Waals surface area (Å²) in [6.07, 6.45) is 9.92. The molecule has 3 nitrogen and oxygen atoms in total. The van der Waals surface area contributed by atoms with Gasteiger partial charge in [0.05, 0.1) is 33.1 Å². The van der Waals surface area contributed by atoms with Gasteiger partial charge in [-0.3, -0.25) is 4.79 Å². The van der Waals surface area contributed by atoms with Crippen molar-refractivity contribution in [2.24, 2.45) is 5.92 Å². The van der Waals surface area contributed by atoms with E-state index in [1.54, 1.807) is 11.3 Å². The van der Waals surface area contributed by atoms with Crippen LogP contribution in [0.3, 0.4) is 0 Å². The van der Waals surface area contributed by atoms with Crippen LogP contribution in [0, 0.1) is 5.92 Å². The topological polar surface area (TPSA) is 26.3 Å². The summed E-state index contributed by atoms with van der Waals surface area (Å²) in [6.45, 7) is 2.18. The van der Waals surface area contributed by atoms with Crippen LogP contribution in [0.2, 0.25) is 0 Å². The van der Waals surface area contributed by atoms with Crippen molar-refractivity contribution in [3.8, 4) is 0 Å². The van der Waals surface area contributed by atoms with Crippen LogP contribution in [0.15, 0.2) is 29.7 Å². The lowest BCUT2D eigenvalue weighted by Crippen LogP contribution is -2.48. The molecule has 1 aliphatic heterocycles. The van der Waals surface area contributed by atoms with Crippen LogP contribution in [0.25, 0.3) is 0 Å². The zero-order valence-electron chi connectivity index (χ0n) is 14.2. The first-order chi connectivity index (χ1) is 11.1. The fourth-order valence-corrected chi connectivity index (χ4v) is 4.57. The third-order valence-electron chi connectivity index (χ3n) is 5.22. The molecular weight excluding hydrogens is 306 g/mol. The lowest BCUT2D eigenvalue weighted by atomic mass is 9.83. The van der Waals surface area contributed by atoms with Gasteiger partial charge in [-0.25, -0.2) is 0 Å². The van der Waals surface area contributed by atoms with Crippen molar-refractivity contribution in [2.45, 2.75) is 44.1 Å². The Hall–Kier alpha value is -1.13. The molecule has 2 heterocycles. The molecule has 1 aromatic heterocycles. The van der Waals surface area contributed by atoms with Crippen molar-refractivity contribution in [2.75, 3.05) is 27.2 Å². The Bertz CT molecular complexity index is 540. The number of hydrogen-bond donors (Lipinski definition) is 0. The minimum atomic E-state index is -0.115. The number of hydrogen-bond acceptors (Lipinski definition) is 3. The van der Waals surface area contributed by atoms with Crippen LogP contribution in [0.5, 0.6) is 0 Å². The highest BCUT2D eigenvalue weighted by Gasteiger charge is 2.35. The molecule has 3 rings (SSSR count). The largest absolute Gasteiger partial charge is 0.461 e. The van der Waals surface area contributed by atoms with E-state index >= 15 is 0 Å². The van der Waals surface area contributed by atoms with Gasteiger partial charge in [0.25, 0.3) is 0 Å². The molecule has 0 N–H and O–H groups in total. The van der Waals surface area contributed by atoms with E-state index < -0.39 is 0 Å². The first kappa shape index (κ1) is 16.7. The SMILES string of the molecule is C[N+]1(C)CCC(OC(=O)C(c2cccs2)C2C=CCCC2)CC1. The van der Waals surface area contributed by atoms with E-state index in [1.807, 2.05) is 6.07 Å². The molecule has 0 radical (unpaired) electrons. The molecule has 0 saturated carbocycles. The van der Waals surface area contributed by atoms with Gasteiger partial charge in [0.2, 0.25) is 0 Å². The molecule has 0 spiro atoms. The third kappa shape index (κ3) is 4.24.